The minimum Gasteiger partial charge on any atom is -0.252 e. The first kappa shape index (κ1) is 8.37. The molecule has 0 aromatic heterocycles. The van der Waals surface area contributed by atoms with Gasteiger partial charge in [-0.3, -0.25) is 10.4 Å². The van der Waals surface area contributed by atoms with Gasteiger partial charge in [-0.25, -0.2) is 0 Å². The van der Waals surface area contributed by atoms with Crippen molar-refractivity contribution in [2.45, 2.75) is 24.6 Å². The van der Waals surface area contributed by atoms with E-state index < -0.39 is 0 Å². The van der Waals surface area contributed by atoms with Crippen molar-refractivity contribution >= 4 is 11.8 Å². The summed E-state index contributed by atoms with van der Waals surface area (Å²) in [5.41, 5.74) is 3.40. The van der Waals surface area contributed by atoms with E-state index in [0.29, 0.717) is 6.04 Å². The molecular weight excluding hydrogens is 144 g/mol. The molecule has 0 aromatic rings. The van der Waals surface area contributed by atoms with E-state index >= 15 is 0 Å². The summed E-state index contributed by atoms with van der Waals surface area (Å²) in [4.78, 5) is 0. The van der Waals surface area contributed by atoms with Crippen LogP contribution >= 0.6 is 11.8 Å². The zero-order valence-corrected chi connectivity index (χ0v) is 7.74. The summed E-state index contributed by atoms with van der Waals surface area (Å²) in [6.07, 6.45) is 1.31. The van der Waals surface area contributed by atoms with Crippen LogP contribution in [0.3, 0.4) is 0 Å². The van der Waals surface area contributed by atoms with Gasteiger partial charge in [0, 0.05) is 25.4 Å². The molecule has 0 radical (unpaired) electrons. The van der Waals surface area contributed by atoms with Crippen LogP contribution in [-0.4, -0.2) is 36.1 Å². The Bertz CT molecular complexity index is 106. The van der Waals surface area contributed by atoms with Crippen molar-refractivity contribution in [3.63, 3.8) is 0 Å². The SMILES string of the molecule is CC1SCCC1NN(C)C. The van der Waals surface area contributed by atoms with E-state index in [0.717, 1.165) is 5.25 Å². The van der Waals surface area contributed by atoms with Gasteiger partial charge in [0.2, 0.25) is 0 Å². The highest BCUT2D eigenvalue weighted by Crippen LogP contribution is 2.25. The molecule has 1 saturated heterocycles. The molecule has 0 bridgehead atoms. The zero-order chi connectivity index (χ0) is 7.56. The lowest BCUT2D eigenvalue weighted by molar-refractivity contribution is 0.241. The van der Waals surface area contributed by atoms with E-state index in [1.54, 1.807) is 0 Å². The fourth-order valence-corrected chi connectivity index (χ4v) is 2.42. The summed E-state index contributed by atoms with van der Waals surface area (Å²) in [5.74, 6) is 1.31. The molecule has 60 valence electrons. The zero-order valence-electron chi connectivity index (χ0n) is 6.92. The van der Waals surface area contributed by atoms with E-state index in [9.17, 15) is 0 Å². The van der Waals surface area contributed by atoms with Crippen LogP contribution in [0.15, 0.2) is 0 Å². The number of hydrogen-bond donors (Lipinski definition) is 1. The van der Waals surface area contributed by atoms with Crippen molar-refractivity contribution in [3.8, 4) is 0 Å². The normalized spacial score (nSPS) is 33.6. The van der Waals surface area contributed by atoms with Gasteiger partial charge in [0.1, 0.15) is 0 Å². The minimum atomic E-state index is 0.694. The Balaban J connectivity index is 2.26. The second kappa shape index (κ2) is 3.60. The molecule has 2 unspecified atom stereocenters. The Kier molecular flexibility index (Phi) is 3.01. The smallest absolute Gasteiger partial charge is 0.0339 e. The highest BCUT2D eigenvalue weighted by molar-refractivity contribution is 8.00. The third-order valence-corrected chi connectivity index (χ3v) is 3.13. The number of rotatable bonds is 2. The topological polar surface area (TPSA) is 15.3 Å². The molecule has 0 spiro atoms. The van der Waals surface area contributed by atoms with E-state index in [4.69, 9.17) is 0 Å². The van der Waals surface area contributed by atoms with E-state index in [1.807, 2.05) is 5.01 Å². The fourth-order valence-electron chi connectivity index (χ4n) is 1.23. The standard InChI is InChI=1S/C7H16N2S/c1-6-7(4-5-10-6)8-9(2)3/h6-8H,4-5H2,1-3H3. The summed E-state index contributed by atoms with van der Waals surface area (Å²) >= 11 is 2.06. The van der Waals surface area contributed by atoms with Crippen LogP contribution in [0.25, 0.3) is 0 Å². The van der Waals surface area contributed by atoms with Crippen molar-refractivity contribution in [2.75, 3.05) is 19.8 Å². The highest BCUT2D eigenvalue weighted by atomic mass is 32.2. The van der Waals surface area contributed by atoms with E-state index in [1.165, 1.54) is 12.2 Å². The maximum atomic E-state index is 3.40. The molecule has 0 aliphatic carbocycles. The Morgan fingerprint density at radius 2 is 2.20 bits per heavy atom. The average Bonchev–Trinajstić information content (AvgIpc) is 2.15. The van der Waals surface area contributed by atoms with Crippen LogP contribution in [0, 0.1) is 0 Å². The van der Waals surface area contributed by atoms with Crippen molar-refractivity contribution in [3.05, 3.63) is 0 Å². The van der Waals surface area contributed by atoms with Gasteiger partial charge in [-0.1, -0.05) is 6.92 Å². The maximum Gasteiger partial charge on any atom is 0.0339 e. The molecule has 1 rings (SSSR count). The van der Waals surface area contributed by atoms with Gasteiger partial charge in [0.15, 0.2) is 0 Å². The summed E-state index contributed by atoms with van der Waals surface area (Å²) in [6, 6.07) is 0.694. The molecule has 3 heteroatoms. The lowest BCUT2D eigenvalue weighted by Crippen LogP contribution is -2.42. The Labute approximate surface area is 67.3 Å². The van der Waals surface area contributed by atoms with Gasteiger partial charge in [-0.15, -0.1) is 0 Å². The molecule has 1 aliphatic rings. The Morgan fingerprint density at radius 3 is 2.60 bits per heavy atom. The summed E-state index contributed by atoms with van der Waals surface area (Å²) in [6.45, 7) is 2.29. The minimum absolute atomic E-state index is 0.694. The molecule has 1 heterocycles. The fraction of sp³-hybridized carbons (Fsp3) is 1.00. The van der Waals surface area contributed by atoms with Crippen molar-refractivity contribution < 1.29 is 0 Å². The maximum absolute atomic E-state index is 3.40. The van der Waals surface area contributed by atoms with Crippen molar-refractivity contribution in [1.29, 1.82) is 0 Å². The average molecular weight is 160 g/mol. The van der Waals surface area contributed by atoms with Crippen LogP contribution in [0.1, 0.15) is 13.3 Å². The first-order chi connectivity index (χ1) is 4.70. The Hall–Kier alpha value is 0.270. The van der Waals surface area contributed by atoms with Crippen LogP contribution in [0.5, 0.6) is 0 Å². The van der Waals surface area contributed by atoms with Gasteiger partial charge < -0.3 is 0 Å². The molecule has 10 heavy (non-hydrogen) atoms. The van der Waals surface area contributed by atoms with Crippen molar-refractivity contribution in [2.24, 2.45) is 0 Å². The third kappa shape index (κ3) is 2.15. The summed E-state index contributed by atoms with van der Waals surface area (Å²) < 4.78 is 0. The highest BCUT2D eigenvalue weighted by Gasteiger charge is 2.23. The molecule has 0 saturated carbocycles. The molecular formula is C7H16N2S. The van der Waals surface area contributed by atoms with Gasteiger partial charge in [-0.2, -0.15) is 11.8 Å². The monoisotopic (exact) mass is 160 g/mol. The molecule has 1 fully saturated rings. The van der Waals surface area contributed by atoms with Crippen LogP contribution < -0.4 is 5.43 Å². The summed E-state index contributed by atoms with van der Waals surface area (Å²) in [7, 11) is 4.10. The van der Waals surface area contributed by atoms with Crippen molar-refractivity contribution in [1.82, 2.24) is 10.4 Å². The number of hydrogen-bond acceptors (Lipinski definition) is 3. The largest absolute Gasteiger partial charge is 0.252 e. The second-order valence-corrected chi connectivity index (χ2v) is 4.48. The van der Waals surface area contributed by atoms with E-state index in [-0.39, 0.29) is 0 Å². The molecule has 0 amide bonds. The molecule has 1 aliphatic heterocycles. The predicted octanol–water partition coefficient (Wildman–Crippen LogP) is 0.947. The number of nitrogens with zero attached hydrogens (tertiary/aromatic N) is 1. The van der Waals surface area contributed by atoms with Crippen LogP contribution in [0.2, 0.25) is 0 Å². The molecule has 2 atom stereocenters. The third-order valence-electron chi connectivity index (χ3n) is 1.80. The number of thioether (sulfide) groups is 1. The number of nitrogens with one attached hydrogen (secondary N) is 1. The second-order valence-electron chi connectivity index (χ2n) is 2.99. The molecule has 2 nitrogen and oxygen atoms in total. The Morgan fingerprint density at radius 1 is 1.50 bits per heavy atom. The summed E-state index contributed by atoms with van der Waals surface area (Å²) in [5, 5.41) is 2.83. The quantitative estimate of drug-likeness (QED) is 0.605. The van der Waals surface area contributed by atoms with Gasteiger partial charge in [0.25, 0.3) is 0 Å². The first-order valence-corrected chi connectivity index (χ1v) is 4.80. The lowest BCUT2D eigenvalue weighted by atomic mass is 10.2. The van der Waals surface area contributed by atoms with Crippen LogP contribution in [0.4, 0.5) is 0 Å². The van der Waals surface area contributed by atoms with Gasteiger partial charge in [0.05, 0.1) is 0 Å². The predicted molar refractivity (Wildman–Crippen MR) is 47.1 cm³/mol. The first-order valence-electron chi connectivity index (χ1n) is 3.75. The van der Waals surface area contributed by atoms with Gasteiger partial charge in [-0.05, 0) is 12.2 Å². The lowest BCUT2D eigenvalue weighted by Gasteiger charge is -2.21. The van der Waals surface area contributed by atoms with E-state index in [2.05, 4.69) is 38.2 Å². The molecule has 1 N–H and O–H groups in total. The number of hydrazine groups is 1. The van der Waals surface area contributed by atoms with Crippen LogP contribution in [-0.2, 0) is 0 Å². The van der Waals surface area contributed by atoms with Gasteiger partial charge >= 0.3 is 0 Å². The molecule has 0 aromatic carbocycles.